The van der Waals surface area contributed by atoms with Crippen LogP contribution in [0.15, 0.2) is 40.8 Å². The molecule has 0 radical (unpaired) electrons. The summed E-state index contributed by atoms with van der Waals surface area (Å²) >= 11 is 0. The molecule has 3 heteroatoms. The molecule has 2 rings (SSSR count). The van der Waals surface area contributed by atoms with Crippen LogP contribution in [0.1, 0.15) is 12.8 Å². The molecule has 0 aromatic heterocycles. The first kappa shape index (κ1) is 8.10. The molecule has 0 spiro atoms. The lowest BCUT2D eigenvalue weighted by Gasteiger charge is -2.15. The molecule has 0 bridgehead atoms. The topological polar surface area (TPSA) is 50.4 Å². The van der Waals surface area contributed by atoms with Gasteiger partial charge in [0.25, 0.3) is 0 Å². The highest BCUT2D eigenvalue weighted by molar-refractivity contribution is 6.04. The molecule has 0 saturated heterocycles. The lowest BCUT2D eigenvalue weighted by atomic mass is 10.0. The van der Waals surface area contributed by atoms with Gasteiger partial charge in [-0.25, -0.2) is 0 Å². The minimum atomic E-state index is 0.643. The smallest absolute Gasteiger partial charge is 0.115 e. The molecule has 0 aromatic rings. The molecule has 3 nitrogen and oxygen atoms in total. The second-order valence-corrected chi connectivity index (χ2v) is 3.15. The number of nitrogens with one attached hydrogen (secondary N) is 1. The van der Waals surface area contributed by atoms with Crippen molar-refractivity contribution in [3.63, 3.8) is 0 Å². The lowest BCUT2D eigenvalue weighted by Crippen LogP contribution is -2.30. The average molecular weight is 175 g/mol. The van der Waals surface area contributed by atoms with E-state index in [0.717, 1.165) is 25.1 Å². The zero-order chi connectivity index (χ0) is 9.10. The SMILES string of the molecule is NC1=CN=C(C2=CCCC=C2)CN1. The highest BCUT2D eigenvalue weighted by Crippen LogP contribution is 2.12. The van der Waals surface area contributed by atoms with Crippen molar-refractivity contribution in [2.45, 2.75) is 12.8 Å². The third-order valence-electron chi connectivity index (χ3n) is 2.15. The van der Waals surface area contributed by atoms with E-state index < -0.39 is 0 Å². The first-order valence-electron chi connectivity index (χ1n) is 4.49. The summed E-state index contributed by atoms with van der Waals surface area (Å²) in [6, 6.07) is 0. The number of allylic oxidation sites excluding steroid dienone is 3. The summed E-state index contributed by atoms with van der Waals surface area (Å²) in [5.41, 5.74) is 7.83. The highest BCUT2D eigenvalue weighted by Gasteiger charge is 2.08. The van der Waals surface area contributed by atoms with Crippen molar-refractivity contribution >= 4 is 5.71 Å². The molecule has 0 aromatic carbocycles. The molecule has 1 aliphatic heterocycles. The Labute approximate surface area is 77.7 Å². The third-order valence-corrected chi connectivity index (χ3v) is 2.15. The molecular weight excluding hydrogens is 162 g/mol. The van der Waals surface area contributed by atoms with Gasteiger partial charge in [0.1, 0.15) is 5.82 Å². The summed E-state index contributed by atoms with van der Waals surface area (Å²) in [5, 5.41) is 3.06. The molecule has 3 N–H and O–H groups in total. The molecule has 13 heavy (non-hydrogen) atoms. The van der Waals surface area contributed by atoms with Crippen molar-refractivity contribution < 1.29 is 0 Å². The molecular formula is C10H13N3. The molecule has 0 saturated carbocycles. The van der Waals surface area contributed by atoms with E-state index in [1.54, 1.807) is 6.20 Å². The number of nitrogens with zero attached hydrogens (tertiary/aromatic N) is 1. The van der Waals surface area contributed by atoms with Gasteiger partial charge in [-0.15, -0.1) is 0 Å². The molecule has 0 atom stereocenters. The Balaban J connectivity index is 2.17. The van der Waals surface area contributed by atoms with Crippen LogP contribution in [0.3, 0.4) is 0 Å². The number of hydrogen-bond acceptors (Lipinski definition) is 3. The van der Waals surface area contributed by atoms with Gasteiger partial charge in [-0.1, -0.05) is 18.2 Å². The van der Waals surface area contributed by atoms with Gasteiger partial charge in [0.05, 0.1) is 18.5 Å². The molecule has 1 heterocycles. The van der Waals surface area contributed by atoms with Gasteiger partial charge >= 0.3 is 0 Å². The van der Waals surface area contributed by atoms with E-state index in [1.165, 1.54) is 5.57 Å². The Morgan fingerprint density at radius 3 is 2.92 bits per heavy atom. The van der Waals surface area contributed by atoms with Crippen LogP contribution in [-0.4, -0.2) is 12.3 Å². The van der Waals surface area contributed by atoms with Crippen LogP contribution in [0.25, 0.3) is 0 Å². The van der Waals surface area contributed by atoms with Crippen LogP contribution in [-0.2, 0) is 0 Å². The van der Waals surface area contributed by atoms with Crippen molar-refractivity contribution in [1.29, 1.82) is 0 Å². The molecule has 1 aliphatic carbocycles. The second-order valence-electron chi connectivity index (χ2n) is 3.15. The van der Waals surface area contributed by atoms with Crippen molar-refractivity contribution in [2.75, 3.05) is 6.54 Å². The summed E-state index contributed by atoms with van der Waals surface area (Å²) in [5.74, 6) is 0.643. The van der Waals surface area contributed by atoms with E-state index in [2.05, 4.69) is 28.5 Å². The predicted octanol–water partition coefficient (Wildman–Crippen LogP) is 1.06. The van der Waals surface area contributed by atoms with E-state index >= 15 is 0 Å². The molecule has 0 fully saturated rings. The quantitative estimate of drug-likeness (QED) is 0.626. The molecule has 2 aliphatic rings. The highest BCUT2D eigenvalue weighted by atomic mass is 15.0. The maximum Gasteiger partial charge on any atom is 0.115 e. The zero-order valence-corrected chi connectivity index (χ0v) is 7.46. The Bertz CT molecular complexity index is 321. The molecule has 0 unspecified atom stereocenters. The van der Waals surface area contributed by atoms with Gasteiger partial charge in [0.15, 0.2) is 0 Å². The van der Waals surface area contributed by atoms with E-state index in [0.29, 0.717) is 5.82 Å². The zero-order valence-electron chi connectivity index (χ0n) is 7.46. The standard InChI is InChI=1S/C10H13N3/c11-10-7-12-9(6-13-10)8-4-2-1-3-5-8/h2,4-5,7,13H,1,3,6,11H2. The predicted molar refractivity (Wildman–Crippen MR) is 54.2 cm³/mol. The molecule has 68 valence electrons. The van der Waals surface area contributed by atoms with E-state index in [4.69, 9.17) is 5.73 Å². The maximum absolute atomic E-state index is 5.53. The van der Waals surface area contributed by atoms with Crippen molar-refractivity contribution in [3.8, 4) is 0 Å². The van der Waals surface area contributed by atoms with Crippen molar-refractivity contribution in [3.05, 3.63) is 35.8 Å². The number of rotatable bonds is 1. The fourth-order valence-electron chi connectivity index (χ4n) is 1.43. The van der Waals surface area contributed by atoms with Gasteiger partial charge in [-0.3, -0.25) is 4.99 Å². The first-order valence-corrected chi connectivity index (χ1v) is 4.49. The second kappa shape index (κ2) is 3.47. The number of aliphatic imine (C=N–C) groups is 1. The number of nitrogens with two attached hydrogens (primary N) is 1. The Morgan fingerprint density at radius 2 is 2.31 bits per heavy atom. The third kappa shape index (κ3) is 1.80. The summed E-state index contributed by atoms with van der Waals surface area (Å²) in [6.07, 6.45) is 10.4. The Kier molecular flexibility index (Phi) is 2.17. The van der Waals surface area contributed by atoms with Gasteiger partial charge in [0.2, 0.25) is 0 Å². The summed E-state index contributed by atoms with van der Waals surface area (Å²) < 4.78 is 0. The van der Waals surface area contributed by atoms with Gasteiger partial charge in [0, 0.05) is 0 Å². The summed E-state index contributed by atoms with van der Waals surface area (Å²) in [4.78, 5) is 4.28. The molecule has 0 amide bonds. The summed E-state index contributed by atoms with van der Waals surface area (Å²) in [6.45, 7) is 0.735. The first-order chi connectivity index (χ1) is 6.36. The van der Waals surface area contributed by atoms with Crippen LogP contribution in [0.4, 0.5) is 0 Å². The average Bonchev–Trinajstić information content (AvgIpc) is 2.20. The van der Waals surface area contributed by atoms with Gasteiger partial charge < -0.3 is 11.1 Å². The normalized spacial score (nSPS) is 21.4. The van der Waals surface area contributed by atoms with E-state index in [-0.39, 0.29) is 0 Å². The largest absolute Gasteiger partial charge is 0.384 e. The van der Waals surface area contributed by atoms with Crippen LogP contribution >= 0.6 is 0 Å². The van der Waals surface area contributed by atoms with Crippen molar-refractivity contribution in [2.24, 2.45) is 10.7 Å². The fraction of sp³-hybridized carbons (Fsp3) is 0.300. The van der Waals surface area contributed by atoms with Crippen LogP contribution in [0, 0.1) is 0 Å². The minimum absolute atomic E-state index is 0.643. The fourth-order valence-corrected chi connectivity index (χ4v) is 1.43. The van der Waals surface area contributed by atoms with E-state index in [1.807, 2.05) is 0 Å². The monoisotopic (exact) mass is 175 g/mol. The minimum Gasteiger partial charge on any atom is -0.384 e. The van der Waals surface area contributed by atoms with Crippen LogP contribution in [0.2, 0.25) is 0 Å². The number of hydrogen-bond donors (Lipinski definition) is 2. The maximum atomic E-state index is 5.53. The lowest BCUT2D eigenvalue weighted by molar-refractivity contribution is 0.881. The van der Waals surface area contributed by atoms with Crippen LogP contribution < -0.4 is 11.1 Å². The van der Waals surface area contributed by atoms with E-state index in [9.17, 15) is 0 Å². The summed E-state index contributed by atoms with van der Waals surface area (Å²) in [7, 11) is 0. The van der Waals surface area contributed by atoms with Crippen molar-refractivity contribution in [1.82, 2.24) is 5.32 Å². The van der Waals surface area contributed by atoms with Gasteiger partial charge in [-0.05, 0) is 18.4 Å². The van der Waals surface area contributed by atoms with Gasteiger partial charge in [-0.2, -0.15) is 0 Å². The van der Waals surface area contributed by atoms with Crippen LogP contribution in [0.5, 0.6) is 0 Å². The Morgan fingerprint density at radius 1 is 1.38 bits per heavy atom. The Hall–Kier alpha value is -1.51.